The zero-order chi connectivity index (χ0) is 28.8. The molecule has 1 saturated heterocycles. The number of halogens is 3. The molecule has 8 nitrogen and oxygen atoms in total. The van der Waals surface area contributed by atoms with Gasteiger partial charge in [-0.15, -0.1) is 0 Å². The van der Waals surface area contributed by atoms with Gasteiger partial charge in [0.05, 0.1) is 28.9 Å². The lowest BCUT2D eigenvalue weighted by molar-refractivity contribution is -0.120. The Morgan fingerprint density at radius 3 is 2.36 bits per heavy atom. The van der Waals surface area contributed by atoms with Crippen LogP contribution >= 0.6 is 11.6 Å². The third kappa shape index (κ3) is 5.79. The molecule has 39 heavy (non-hydrogen) atoms. The number of nitrogens with one attached hydrogen (secondary N) is 1. The highest BCUT2D eigenvalue weighted by molar-refractivity contribution is 7.92. The molecule has 1 fully saturated rings. The van der Waals surface area contributed by atoms with Crippen LogP contribution in [0, 0.1) is 17.6 Å². The number of sulfone groups is 2. The molecule has 4 rings (SSSR count). The summed E-state index contributed by atoms with van der Waals surface area (Å²) in [4.78, 5) is 12.1. The maximum absolute atomic E-state index is 15.4. The van der Waals surface area contributed by atoms with Gasteiger partial charge in [0.25, 0.3) is 0 Å². The Hall–Kier alpha value is -2.28. The van der Waals surface area contributed by atoms with Gasteiger partial charge in [-0.25, -0.2) is 25.6 Å². The van der Waals surface area contributed by atoms with Gasteiger partial charge < -0.3 is 14.8 Å². The highest BCUT2D eigenvalue weighted by Gasteiger charge is 2.61. The molecule has 2 aromatic rings. The van der Waals surface area contributed by atoms with Gasteiger partial charge in [0.1, 0.15) is 16.3 Å². The number of fused-ring (bicyclic) bond motifs is 3. The molecule has 1 N–H and O–H groups in total. The molecule has 0 radical (unpaired) electrons. The first-order chi connectivity index (χ1) is 18.1. The summed E-state index contributed by atoms with van der Waals surface area (Å²) in [6, 6.07) is 7.06. The smallest absolute Gasteiger partial charge is 0.235 e. The maximum Gasteiger partial charge on any atom is 0.235 e. The predicted molar refractivity (Wildman–Crippen MR) is 141 cm³/mol. The highest BCUT2D eigenvalue weighted by Crippen LogP contribution is 2.55. The third-order valence-electron chi connectivity index (χ3n) is 6.92. The molecule has 13 heteroatoms. The largest absolute Gasteiger partial charge is 0.490 e. The number of benzene rings is 2. The van der Waals surface area contributed by atoms with Crippen molar-refractivity contribution in [3.05, 3.63) is 58.6 Å². The molecule has 2 aliphatic heterocycles. The number of carbonyl (C=O) groups is 1. The van der Waals surface area contributed by atoms with Crippen LogP contribution in [0.5, 0.6) is 5.75 Å². The van der Waals surface area contributed by atoms with Crippen LogP contribution in [0.2, 0.25) is 5.02 Å². The van der Waals surface area contributed by atoms with Crippen LogP contribution in [-0.4, -0.2) is 59.1 Å². The summed E-state index contributed by atoms with van der Waals surface area (Å²) in [5.74, 6) is -5.34. The molecule has 1 amide bonds. The molecule has 3 atom stereocenters. The molecule has 0 saturated carbocycles. The minimum absolute atomic E-state index is 0.152. The molecule has 0 bridgehead atoms. The second-order valence-electron chi connectivity index (χ2n) is 10.8. The lowest BCUT2D eigenvalue weighted by atomic mass is 9.75. The summed E-state index contributed by atoms with van der Waals surface area (Å²) in [5, 5.41) is 2.88. The predicted octanol–water partition coefficient (Wildman–Crippen LogP) is 3.80. The Balaban J connectivity index is 1.73. The SMILES string of the molecule is CC(C)(C)NC(=O)CS(=O)(=O)CC[C@@H]1OCC[C@@]2(S(=O)(=O)c3ccc(Cl)cc3)c3c(F)ccc(F)c3OC[C@@H]12. The van der Waals surface area contributed by atoms with E-state index in [1.165, 1.54) is 24.3 Å². The summed E-state index contributed by atoms with van der Waals surface area (Å²) >= 11 is 5.96. The van der Waals surface area contributed by atoms with Crippen molar-refractivity contribution in [3.63, 3.8) is 0 Å². The Labute approximate surface area is 231 Å². The van der Waals surface area contributed by atoms with Crippen LogP contribution in [0.25, 0.3) is 0 Å². The molecule has 0 unspecified atom stereocenters. The summed E-state index contributed by atoms with van der Waals surface area (Å²) in [6.07, 6.45) is -1.39. The second-order valence-corrected chi connectivity index (χ2v) is 15.7. The number of ether oxygens (including phenoxy) is 2. The van der Waals surface area contributed by atoms with Crippen LogP contribution in [0.4, 0.5) is 8.78 Å². The summed E-state index contributed by atoms with van der Waals surface area (Å²) in [7, 11) is -8.33. The van der Waals surface area contributed by atoms with Gasteiger partial charge in [0.15, 0.2) is 31.2 Å². The fraction of sp³-hybridized carbons (Fsp3) is 0.500. The minimum atomic E-state index is -4.42. The first-order valence-corrected chi connectivity index (χ1v) is 16.0. The topological polar surface area (TPSA) is 116 Å². The van der Waals surface area contributed by atoms with E-state index in [1.807, 2.05) is 0 Å². The van der Waals surface area contributed by atoms with Gasteiger partial charge in [-0.2, -0.15) is 0 Å². The number of hydrogen-bond acceptors (Lipinski definition) is 7. The third-order valence-corrected chi connectivity index (χ3v) is 11.3. The zero-order valence-electron chi connectivity index (χ0n) is 21.7. The Morgan fingerprint density at radius 1 is 1.08 bits per heavy atom. The van der Waals surface area contributed by atoms with E-state index in [-0.39, 0.29) is 36.0 Å². The number of hydrogen-bond donors (Lipinski definition) is 1. The molecule has 214 valence electrons. The summed E-state index contributed by atoms with van der Waals surface area (Å²) in [5.41, 5.74) is -1.06. The molecule has 2 aromatic carbocycles. The number of rotatable bonds is 7. The normalized spacial score (nSPS) is 23.3. The monoisotopic (exact) mass is 605 g/mol. The van der Waals surface area contributed by atoms with Crippen molar-refractivity contribution in [1.29, 1.82) is 0 Å². The lowest BCUT2D eigenvalue weighted by Gasteiger charge is -2.50. The standard InChI is InChI=1S/C26H30ClF2NO7S2/c1-25(2,3)30-22(31)15-38(32,33)13-10-21-18-14-37-24-20(29)9-8-19(28)23(24)26(18,11-12-36-21)39(34,35)17-6-4-16(27)5-7-17/h4-9,18,21H,10-15H2,1-3H3,(H,30,31)/t18-,21-,26-/m0/s1. The van der Waals surface area contributed by atoms with E-state index >= 15 is 4.39 Å². The molecule has 0 aromatic heterocycles. The van der Waals surface area contributed by atoms with E-state index in [1.54, 1.807) is 20.8 Å². The fourth-order valence-electron chi connectivity index (χ4n) is 5.36. The molecule has 0 spiro atoms. The molecule has 2 heterocycles. The Kier molecular flexibility index (Phi) is 8.08. The highest BCUT2D eigenvalue weighted by atomic mass is 35.5. The van der Waals surface area contributed by atoms with E-state index in [2.05, 4.69) is 5.32 Å². The van der Waals surface area contributed by atoms with Crippen LogP contribution in [0.15, 0.2) is 41.3 Å². The number of amides is 1. The Morgan fingerprint density at radius 2 is 1.72 bits per heavy atom. The minimum Gasteiger partial charge on any atom is -0.490 e. The summed E-state index contributed by atoms with van der Waals surface area (Å²) in [6.45, 7) is 4.65. The van der Waals surface area contributed by atoms with E-state index < -0.39 is 82.3 Å². The van der Waals surface area contributed by atoms with Crippen molar-refractivity contribution in [2.24, 2.45) is 5.92 Å². The van der Waals surface area contributed by atoms with Crippen LogP contribution in [0.3, 0.4) is 0 Å². The average molecular weight is 606 g/mol. The number of carbonyl (C=O) groups excluding carboxylic acids is 1. The quantitative estimate of drug-likeness (QED) is 0.510. The lowest BCUT2D eigenvalue weighted by Crippen LogP contribution is -2.57. The van der Waals surface area contributed by atoms with Gasteiger partial charge in [-0.3, -0.25) is 4.79 Å². The van der Waals surface area contributed by atoms with Gasteiger partial charge in [0, 0.05) is 23.1 Å². The van der Waals surface area contributed by atoms with Crippen LogP contribution < -0.4 is 10.1 Å². The van der Waals surface area contributed by atoms with E-state index in [0.29, 0.717) is 0 Å². The van der Waals surface area contributed by atoms with Gasteiger partial charge >= 0.3 is 0 Å². The zero-order valence-corrected chi connectivity index (χ0v) is 24.1. The molecular formula is C26H30ClF2NO7S2. The maximum atomic E-state index is 15.4. The van der Waals surface area contributed by atoms with Crippen molar-refractivity contribution in [2.75, 3.05) is 24.7 Å². The van der Waals surface area contributed by atoms with Crippen LogP contribution in [-0.2, 0) is 34.0 Å². The van der Waals surface area contributed by atoms with Gasteiger partial charge in [0.2, 0.25) is 5.91 Å². The Bertz CT molecular complexity index is 1470. The van der Waals surface area contributed by atoms with Crippen molar-refractivity contribution in [1.82, 2.24) is 5.32 Å². The van der Waals surface area contributed by atoms with Gasteiger partial charge in [-0.1, -0.05) is 11.6 Å². The molecule has 0 aliphatic carbocycles. The van der Waals surface area contributed by atoms with E-state index in [9.17, 15) is 26.0 Å². The first-order valence-electron chi connectivity index (χ1n) is 12.3. The molecule has 2 aliphatic rings. The van der Waals surface area contributed by atoms with Crippen molar-refractivity contribution < 1.29 is 39.9 Å². The second kappa shape index (κ2) is 10.6. The van der Waals surface area contributed by atoms with Crippen LogP contribution in [0.1, 0.15) is 39.2 Å². The van der Waals surface area contributed by atoms with E-state index in [4.69, 9.17) is 21.1 Å². The average Bonchev–Trinajstić information content (AvgIpc) is 2.83. The van der Waals surface area contributed by atoms with E-state index in [0.717, 1.165) is 12.1 Å². The summed E-state index contributed by atoms with van der Waals surface area (Å²) < 4.78 is 93.8. The van der Waals surface area contributed by atoms with Crippen molar-refractivity contribution in [3.8, 4) is 5.75 Å². The van der Waals surface area contributed by atoms with Gasteiger partial charge in [-0.05, 0) is 70.0 Å². The fourth-order valence-corrected chi connectivity index (χ4v) is 9.03. The molecular weight excluding hydrogens is 576 g/mol. The van der Waals surface area contributed by atoms with Crippen molar-refractivity contribution in [2.45, 2.75) is 54.9 Å². The van der Waals surface area contributed by atoms with Crippen molar-refractivity contribution >= 4 is 37.2 Å². The first kappa shape index (κ1) is 29.7.